The zero-order valence-corrected chi connectivity index (χ0v) is 19.1. The van der Waals surface area contributed by atoms with E-state index >= 15 is 0 Å². The van der Waals surface area contributed by atoms with E-state index in [1.807, 2.05) is 0 Å². The molecule has 8 heteroatoms. The van der Waals surface area contributed by atoms with Gasteiger partial charge in [-0.15, -0.1) is 0 Å². The number of hydrogen-bond donors (Lipinski definition) is 0. The van der Waals surface area contributed by atoms with Gasteiger partial charge in [-0.3, -0.25) is 4.79 Å². The Morgan fingerprint density at radius 1 is 1.21 bits per heavy atom. The summed E-state index contributed by atoms with van der Waals surface area (Å²) in [5.74, 6) is -0.588. The van der Waals surface area contributed by atoms with Gasteiger partial charge in [0, 0.05) is 12.1 Å². The van der Waals surface area contributed by atoms with E-state index in [2.05, 4.69) is 13.8 Å². The maximum Gasteiger partial charge on any atom is 1.00 e. The van der Waals surface area contributed by atoms with E-state index < -0.39 is 22.6 Å². The summed E-state index contributed by atoms with van der Waals surface area (Å²) in [6.45, 7) is 4.57. The largest absolute Gasteiger partial charge is 1.00 e. The molecule has 0 spiro atoms. The Balaban J connectivity index is 0.00000280. The molecule has 3 aromatic rings. The van der Waals surface area contributed by atoms with Gasteiger partial charge < -0.3 is 23.6 Å². The molecule has 3 rings (SSSR count). The first-order valence-electron chi connectivity index (χ1n) is 8.50. The molecule has 1 atom stereocenters. The van der Waals surface area contributed by atoms with E-state index in [-0.39, 0.29) is 57.1 Å². The van der Waals surface area contributed by atoms with E-state index in [0.717, 1.165) is 6.42 Å². The maximum absolute atomic E-state index is 12.9. The van der Waals surface area contributed by atoms with Crippen LogP contribution in [-0.4, -0.2) is 23.4 Å². The summed E-state index contributed by atoms with van der Waals surface area (Å²) in [4.78, 5) is 24.5. The minimum Gasteiger partial charge on any atom is -0.612 e. The SMILES string of the molecule is CC(C)CCOc1cc([S+](C)[O-])cc2c(=O)c3cc(C(=O)[O-])ccc3oc12.[Na+]. The van der Waals surface area contributed by atoms with Gasteiger partial charge in [-0.1, -0.05) is 13.8 Å². The molecule has 1 aromatic heterocycles. The quantitative estimate of drug-likeness (QED) is 0.308. The first-order valence-corrected chi connectivity index (χ1v) is 10.1. The summed E-state index contributed by atoms with van der Waals surface area (Å²) in [7, 11) is 0. The van der Waals surface area contributed by atoms with Crippen molar-refractivity contribution in [2.45, 2.75) is 25.2 Å². The molecule has 142 valence electrons. The van der Waals surface area contributed by atoms with E-state index in [0.29, 0.717) is 23.2 Å². The van der Waals surface area contributed by atoms with Gasteiger partial charge in [0.1, 0.15) is 11.8 Å². The van der Waals surface area contributed by atoms with Gasteiger partial charge in [0.05, 0.1) is 23.3 Å². The molecule has 0 saturated carbocycles. The third-order valence-electron chi connectivity index (χ3n) is 4.23. The van der Waals surface area contributed by atoms with E-state index in [9.17, 15) is 19.2 Å². The molecule has 0 aliphatic rings. The van der Waals surface area contributed by atoms with Crippen LogP contribution in [0.25, 0.3) is 21.9 Å². The van der Waals surface area contributed by atoms with Crippen LogP contribution in [0.5, 0.6) is 5.75 Å². The van der Waals surface area contributed by atoms with Crippen molar-refractivity contribution < 1.29 is 53.2 Å². The monoisotopic (exact) mass is 410 g/mol. The zero-order valence-electron chi connectivity index (χ0n) is 16.2. The molecule has 28 heavy (non-hydrogen) atoms. The average molecular weight is 410 g/mol. The van der Waals surface area contributed by atoms with E-state index in [1.165, 1.54) is 30.5 Å². The fourth-order valence-electron chi connectivity index (χ4n) is 2.71. The second-order valence-electron chi connectivity index (χ2n) is 6.71. The second kappa shape index (κ2) is 9.33. The van der Waals surface area contributed by atoms with Crippen LogP contribution in [0.1, 0.15) is 30.6 Å². The average Bonchev–Trinajstić information content (AvgIpc) is 2.61. The van der Waals surface area contributed by atoms with Gasteiger partial charge in [0.25, 0.3) is 0 Å². The Hall–Kier alpha value is -1.51. The van der Waals surface area contributed by atoms with E-state index in [1.54, 1.807) is 6.07 Å². The van der Waals surface area contributed by atoms with Crippen LogP contribution in [0.4, 0.5) is 0 Å². The predicted molar refractivity (Wildman–Crippen MR) is 102 cm³/mol. The molecule has 1 heterocycles. The van der Waals surface area contributed by atoms with Crippen LogP contribution in [0.3, 0.4) is 0 Å². The summed E-state index contributed by atoms with van der Waals surface area (Å²) < 4.78 is 23.6. The van der Waals surface area contributed by atoms with Crippen molar-refractivity contribution in [3.63, 3.8) is 0 Å². The van der Waals surface area contributed by atoms with Crippen LogP contribution in [0.2, 0.25) is 0 Å². The number of benzene rings is 2. The topological polar surface area (TPSA) is 103 Å². The Morgan fingerprint density at radius 2 is 1.93 bits per heavy atom. The third-order valence-corrected chi connectivity index (χ3v) is 5.13. The van der Waals surface area contributed by atoms with Gasteiger partial charge in [0.2, 0.25) is 5.43 Å². The normalized spacial score (nSPS) is 12.2. The van der Waals surface area contributed by atoms with Crippen LogP contribution in [0.15, 0.2) is 44.4 Å². The molecule has 0 amide bonds. The van der Waals surface area contributed by atoms with Crippen molar-refractivity contribution in [3.05, 3.63) is 46.1 Å². The standard InChI is InChI=1S/C20H20O6S.Na/c1-11(2)6-7-25-17-10-13(27(3)24)9-15-18(21)14-8-12(20(22)23)4-5-16(14)26-19(15)17;/h4-5,8-11H,6-7H2,1-3H3,(H,22,23);/q;+1/p-1. The Bertz CT molecular complexity index is 1070. The Kier molecular flexibility index (Phi) is 7.59. The van der Waals surface area contributed by atoms with Crippen LogP contribution in [0, 0.1) is 5.92 Å². The molecule has 0 fully saturated rings. The van der Waals surface area contributed by atoms with Crippen LogP contribution >= 0.6 is 0 Å². The van der Waals surface area contributed by atoms with Crippen molar-refractivity contribution in [1.29, 1.82) is 0 Å². The molecule has 0 radical (unpaired) electrons. The molecule has 1 unspecified atom stereocenters. The Morgan fingerprint density at radius 3 is 2.54 bits per heavy atom. The number of carbonyl (C=O) groups excluding carboxylic acids is 1. The van der Waals surface area contributed by atoms with Crippen molar-refractivity contribution in [2.24, 2.45) is 5.92 Å². The number of ether oxygens (including phenoxy) is 1. The minimum atomic E-state index is -1.38. The van der Waals surface area contributed by atoms with Crippen molar-refractivity contribution in [1.82, 2.24) is 0 Å². The van der Waals surface area contributed by atoms with Gasteiger partial charge in [-0.2, -0.15) is 0 Å². The van der Waals surface area contributed by atoms with Crippen LogP contribution in [-0.2, 0) is 11.2 Å². The van der Waals surface area contributed by atoms with Gasteiger partial charge >= 0.3 is 29.6 Å². The summed E-state index contributed by atoms with van der Waals surface area (Å²) in [6, 6.07) is 7.08. The summed E-state index contributed by atoms with van der Waals surface area (Å²) in [6.07, 6.45) is 2.32. The molecular weight excluding hydrogens is 391 g/mol. The number of fused-ring (bicyclic) bond motifs is 2. The number of aromatic carboxylic acids is 1. The molecular formula is C20H19NaO6S. The number of carboxylic acid groups (broad SMARTS) is 1. The Labute approximate surface area is 187 Å². The number of hydrogen-bond acceptors (Lipinski definition) is 6. The van der Waals surface area contributed by atoms with E-state index in [4.69, 9.17) is 9.15 Å². The molecule has 6 nitrogen and oxygen atoms in total. The number of carbonyl (C=O) groups is 1. The van der Waals surface area contributed by atoms with Gasteiger partial charge in [-0.05, 0) is 47.3 Å². The third kappa shape index (κ3) is 4.72. The molecule has 0 bridgehead atoms. The number of carboxylic acids is 1. The van der Waals surface area contributed by atoms with Crippen molar-refractivity contribution in [2.75, 3.05) is 12.9 Å². The fourth-order valence-corrected chi connectivity index (χ4v) is 3.26. The van der Waals surface area contributed by atoms with Crippen molar-refractivity contribution >= 4 is 39.1 Å². The molecule has 0 aliphatic carbocycles. The molecule has 0 saturated heterocycles. The molecule has 2 aromatic carbocycles. The minimum absolute atomic E-state index is 0. The first-order chi connectivity index (χ1) is 12.8. The first kappa shape index (κ1) is 22.8. The maximum atomic E-state index is 12.9. The van der Waals surface area contributed by atoms with Crippen LogP contribution < -0.4 is 44.8 Å². The van der Waals surface area contributed by atoms with Gasteiger partial charge in [-0.25, -0.2) is 0 Å². The number of rotatable bonds is 6. The fraction of sp³-hybridized carbons (Fsp3) is 0.300. The summed E-state index contributed by atoms with van der Waals surface area (Å²) in [5, 5.41) is 11.4. The molecule has 0 aliphatic heterocycles. The van der Waals surface area contributed by atoms with Crippen molar-refractivity contribution in [3.8, 4) is 5.75 Å². The zero-order chi connectivity index (χ0) is 19.7. The second-order valence-corrected chi connectivity index (χ2v) is 8.09. The smallest absolute Gasteiger partial charge is 0.612 e. The summed E-state index contributed by atoms with van der Waals surface area (Å²) >= 11 is -1.33. The predicted octanol–water partition coefficient (Wildman–Crippen LogP) is -0.524. The van der Waals surface area contributed by atoms with Gasteiger partial charge in [0.15, 0.2) is 16.2 Å². The molecule has 0 N–H and O–H groups in total. The summed E-state index contributed by atoms with van der Waals surface area (Å²) in [5.41, 5.74) is -0.0172.